The number of hydrogen-bond acceptors (Lipinski definition) is 1. The highest BCUT2D eigenvalue weighted by Gasteiger charge is 2.45. The number of piperidine rings is 1. The molecule has 1 saturated heterocycles. The second-order valence-corrected chi connectivity index (χ2v) is 3.89. The number of carbonyl (C=O) groups excluding carboxylic acids is 1. The van der Waals surface area contributed by atoms with Gasteiger partial charge in [0.25, 0.3) is 0 Å². The zero-order valence-corrected chi connectivity index (χ0v) is 8.81. The third-order valence-electron chi connectivity index (χ3n) is 2.66. The van der Waals surface area contributed by atoms with E-state index in [9.17, 15) is 18.0 Å². The molecule has 5 heteroatoms. The minimum absolute atomic E-state index is 0.0545. The van der Waals surface area contributed by atoms with Gasteiger partial charge in [-0.2, -0.15) is 13.2 Å². The van der Waals surface area contributed by atoms with Crippen LogP contribution in [0.25, 0.3) is 0 Å². The number of halogens is 3. The fourth-order valence-electron chi connectivity index (χ4n) is 1.93. The molecule has 0 aromatic carbocycles. The SMILES string of the molecule is CCCC(=O)N1CCCCC1C(F)(F)F. The van der Waals surface area contributed by atoms with Crippen LogP contribution in [-0.2, 0) is 4.79 Å². The van der Waals surface area contributed by atoms with Crippen LogP contribution in [-0.4, -0.2) is 29.6 Å². The first-order valence-electron chi connectivity index (χ1n) is 5.33. The van der Waals surface area contributed by atoms with Crippen molar-refractivity contribution in [1.29, 1.82) is 0 Å². The van der Waals surface area contributed by atoms with E-state index in [2.05, 4.69) is 0 Å². The number of rotatable bonds is 2. The molecular formula is C10H16F3NO. The summed E-state index contributed by atoms with van der Waals surface area (Å²) < 4.78 is 37.8. The monoisotopic (exact) mass is 223 g/mol. The lowest BCUT2D eigenvalue weighted by atomic mass is 10.0. The molecule has 88 valence electrons. The number of amides is 1. The van der Waals surface area contributed by atoms with Gasteiger partial charge in [0.15, 0.2) is 0 Å². The van der Waals surface area contributed by atoms with Crippen LogP contribution < -0.4 is 0 Å². The molecule has 0 saturated carbocycles. The van der Waals surface area contributed by atoms with Gasteiger partial charge < -0.3 is 4.90 Å². The van der Waals surface area contributed by atoms with Crippen molar-refractivity contribution in [1.82, 2.24) is 4.90 Å². The van der Waals surface area contributed by atoms with Crippen LogP contribution in [0, 0.1) is 0 Å². The summed E-state index contributed by atoms with van der Waals surface area (Å²) in [6, 6.07) is -1.55. The van der Waals surface area contributed by atoms with Crippen LogP contribution in [0.2, 0.25) is 0 Å². The quantitative estimate of drug-likeness (QED) is 0.704. The summed E-state index contributed by atoms with van der Waals surface area (Å²) in [7, 11) is 0. The Morgan fingerprint density at radius 1 is 1.40 bits per heavy atom. The van der Waals surface area contributed by atoms with Crippen LogP contribution in [0.5, 0.6) is 0 Å². The van der Waals surface area contributed by atoms with Crippen molar-refractivity contribution in [3.8, 4) is 0 Å². The molecule has 0 spiro atoms. The van der Waals surface area contributed by atoms with Gasteiger partial charge in [-0.05, 0) is 25.7 Å². The van der Waals surface area contributed by atoms with Gasteiger partial charge in [-0.25, -0.2) is 0 Å². The molecule has 1 heterocycles. The van der Waals surface area contributed by atoms with Crippen LogP contribution in [0.3, 0.4) is 0 Å². The lowest BCUT2D eigenvalue weighted by Crippen LogP contribution is -2.51. The summed E-state index contributed by atoms with van der Waals surface area (Å²) >= 11 is 0. The Balaban J connectivity index is 2.70. The van der Waals surface area contributed by atoms with Crippen molar-refractivity contribution in [2.45, 2.75) is 51.2 Å². The van der Waals surface area contributed by atoms with Crippen molar-refractivity contribution < 1.29 is 18.0 Å². The number of alkyl halides is 3. The molecule has 0 bridgehead atoms. The molecule has 1 atom stereocenters. The zero-order valence-electron chi connectivity index (χ0n) is 8.81. The molecule has 1 unspecified atom stereocenters. The van der Waals surface area contributed by atoms with E-state index in [0.29, 0.717) is 19.3 Å². The Labute approximate surface area is 87.4 Å². The van der Waals surface area contributed by atoms with E-state index in [1.807, 2.05) is 0 Å². The van der Waals surface area contributed by atoms with E-state index in [0.717, 1.165) is 4.90 Å². The normalized spacial score (nSPS) is 22.9. The smallest absolute Gasteiger partial charge is 0.331 e. The van der Waals surface area contributed by atoms with E-state index in [1.54, 1.807) is 6.92 Å². The van der Waals surface area contributed by atoms with Crippen molar-refractivity contribution in [2.24, 2.45) is 0 Å². The molecule has 1 amide bonds. The highest BCUT2D eigenvalue weighted by Crippen LogP contribution is 2.32. The maximum absolute atomic E-state index is 12.6. The van der Waals surface area contributed by atoms with Crippen LogP contribution in [0.15, 0.2) is 0 Å². The fourth-order valence-corrected chi connectivity index (χ4v) is 1.93. The average molecular weight is 223 g/mol. The van der Waals surface area contributed by atoms with E-state index in [4.69, 9.17) is 0 Å². The predicted octanol–water partition coefficient (Wildman–Crippen LogP) is 2.73. The molecule has 0 aromatic heterocycles. The number of likely N-dealkylation sites (tertiary alicyclic amines) is 1. The lowest BCUT2D eigenvalue weighted by molar-refractivity contribution is -0.195. The van der Waals surface area contributed by atoms with Crippen molar-refractivity contribution >= 4 is 5.91 Å². The third kappa shape index (κ3) is 3.11. The Morgan fingerprint density at radius 3 is 2.60 bits per heavy atom. The first-order chi connectivity index (χ1) is 6.96. The van der Waals surface area contributed by atoms with Gasteiger partial charge in [-0.15, -0.1) is 0 Å². The van der Waals surface area contributed by atoms with Gasteiger partial charge in [-0.3, -0.25) is 4.79 Å². The third-order valence-corrected chi connectivity index (χ3v) is 2.66. The van der Waals surface area contributed by atoms with Gasteiger partial charge in [0.05, 0.1) is 0 Å². The van der Waals surface area contributed by atoms with E-state index < -0.39 is 12.2 Å². The fraction of sp³-hybridized carbons (Fsp3) is 0.900. The second-order valence-electron chi connectivity index (χ2n) is 3.89. The van der Waals surface area contributed by atoms with E-state index in [-0.39, 0.29) is 25.3 Å². The minimum Gasteiger partial charge on any atom is -0.331 e. The number of carbonyl (C=O) groups is 1. The van der Waals surface area contributed by atoms with Gasteiger partial charge in [0, 0.05) is 13.0 Å². The summed E-state index contributed by atoms with van der Waals surface area (Å²) in [6.45, 7) is 2.05. The molecule has 0 N–H and O–H groups in total. The van der Waals surface area contributed by atoms with Gasteiger partial charge in [0.1, 0.15) is 6.04 Å². The second kappa shape index (κ2) is 4.86. The minimum atomic E-state index is -4.27. The molecule has 1 aliphatic heterocycles. The highest BCUT2D eigenvalue weighted by molar-refractivity contribution is 5.76. The average Bonchev–Trinajstić information content (AvgIpc) is 2.17. The number of nitrogens with zero attached hydrogens (tertiary/aromatic N) is 1. The molecule has 0 radical (unpaired) electrons. The summed E-state index contributed by atoms with van der Waals surface area (Å²) in [5, 5.41) is 0. The number of hydrogen-bond donors (Lipinski definition) is 0. The Morgan fingerprint density at radius 2 is 2.07 bits per heavy atom. The molecule has 1 fully saturated rings. The van der Waals surface area contributed by atoms with Crippen molar-refractivity contribution in [3.05, 3.63) is 0 Å². The first-order valence-corrected chi connectivity index (χ1v) is 5.33. The van der Waals surface area contributed by atoms with Crippen molar-refractivity contribution in [2.75, 3.05) is 6.54 Å². The Kier molecular flexibility index (Phi) is 3.99. The van der Waals surface area contributed by atoms with Gasteiger partial charge in [0.2, 0.25) is 5.91 Å². The summed E-state index contributed by atoms with van der Waals surface area (Å²) in [4.78, 5) is 12.5. The summed E-state index contributed by atoms with van der Waals surface area (Å²) in [6.07, 6.45) is -2.17. The molecular weight excluding hydrogens is 207 g/mol. The predicted molar refractivity (Wildman–Crippen MR) is 50.3 cm³/mol. The van der Waals surface area contributed by atoms with Crippen LogP contribution in [0.4, 0.5) is 13.2 Å². The summed E-state index contributed by atoms with van der Waals surface area (Å²) in [5.74, 6) is -0.362. The van der Waals surface area contributed by atoms with Gasteiger partial charge in [-0.1, -0.05) is 6.92 Å². The van der Waals surface area contributed by atoms with Crippen LogP contribution >= 0.6 is 0 Å². The topological polar surface area (TPSA) is 20.3 Å². The van der Waals surface area contributed by atoms with E-state index >= 15 is 0 Å². The largest absolute Gasteiger partial charge is 0.408 e. The molecule has 0 aliphatic carbocycles. The maximum atomic E-state index is 12.6. The van der Waals surface area contributed by atoms with Crippen molar-refractivity contribution in [3.63, 3.8) is 0 Å². The maximum Gasteiger partial charge on any atom is 0.408 e. The highest BCUT2D eigenvalue weighted by atomic mass is 19.4. The zero-order chi connectivity index (χ0) is 11.5. The van der Waals surface area contributed by atoms with Gasteiger partial charge >= 0.3 is 6.18 Å². The molecule has 0 aromatic rings. The first kappa shape index (κ1) is 12.3. The van der Waals surface area contributed by atoms with E-state index in [1.165, 1.54) is 0 Å². The standard InChI is InChI=1S/C10H16F3NO/c1-2-5-9(15)14-7-4-3-6-8(14)10(11,12)13/h8H,2-7H2,1H3. The summed E-state index contributed by atoms with van der Waals surface area (Å²) in [5.41, 5.74) is 0. The molecule has 15 heavy (non-hydrogen) atoms. The Bertz CT molecular complexity index is 227. The molecule has 1 rings (SSSR count). The molecule has 2 nitrogen and oxygen atoms in total. The Hall–Kier alpha value is -0.740. The lowest BCUT2D eigenvalue weighted by Gasteiger charge is -2.36. The molecule has 1 aliphatic rings. The van der Waals surface area contributed by atoms with Crippen LogP contribution in [0.1, 0.15) is 39.0 Å².